The molecule has 2 amide bonds. The van der Waals surface area contributed by atoms with Crippen molar-refractivity contribution in [3.8, 4) is 17.1 Å². The topological polar surface area (TPSA) is 97.1 Å². The number of carboxylic acids is 1. The molecule has 7 nitrogen and oxygen atoms in total. The number of carbonyl (C=O) groups is 3. The van der Waals surface area contributed by atoms with Crippen LogP contribution in [0.5, 0.6) is 5.75 Å². The van der Waals surface area contributed by atoms with Crippen molar-refractivity contribution in [2.75, 3.05) is 13.2 Å². The van der Waals surface area contributed by atoms with E-state index in [1.807, 2.05) is 31.2 Å². The zero-order chi connectivity index (χ0) is 23.5. The highest BCUT2D eigenvalue weighted by Gasteiger charge is 2.35. The van der Waals surface area contributed by atoms with E-state index in [1.165, 1.54) is 12.1 Å². The van der Waals surface area contributed by atoms with Crippen molar-refractivity contribution in [1.29, 1.82) is 0 Å². The number of hydrogen-bond donors (Lipinski definition) is 1. The van der Waals surface area contributed by atoms with Gasteiger partial charge in [0.25, 0.3) is 11.1 Å². The van der Waals surface area contributed by atoms with E-state index in [4.69, 9.17) is 14.3 Å². The standard InChI is InChI=1S/C25H21NO6S/c1-15-4-3-5-18(12-15)31-11-10-26-23(27)22(33-25(26)30)14-19-7-9-21(32-19)20-8-6-17(24(28)29)13-16(20)2/h3-9,12-14H,10-11H2,1-2H3,(H,28,29)/b22-14-. The Kier molecular flexibility index (Phi) is 6.37. The van der Waals surface area contributed by atoms with E-state index in [1.54, 1.807) is 31.2 Å². The number of hydrogen-bond acceptors (Lipinski definition) is 6. The Morgan fingerprint density at radius 2 is 1.94 bits per heavy atom. The van der Waals surface area contributed by atoms with Gasteiger partial charge in [-0.05, 0) is 73.1 Å². The maximum atomic E-state index is 12.7. The van der Waals surface area contributed by atoms with Gasteiger partial charge in [-0.1, -0.05) is 18.2 Å². The van der Waals surface area contributed by atoms with Gasteiger partial charge in [0.2, 0.25) is 0 Å². The summed E-state index contributed by atoms with van der Waals surface area (Å²) in [5, 5.41) is 8.76. The van der Waals surface area contributed by atoms with Crippen molar-refractivity contribution in [2.24, 2.45) is 0 Å². The third-order valence-corrected chi connectivity index (χ3v) is 5.99. The normalized spacial score (nSPS) is 14.8. The molecule has 3 aromatic rings. The average Bonchev–Trinajstić information content (AvgIpc) is 3.33. The van der Waals surface area contributed by atoms with Gasteiger partial charge in [0.1, 0.15) is 23.9 Å². The number of amides is 2. The first kappa shape index (κ1) is 22.4. The first-order valence-electron chi connectivity index (χ1n) is 10.2. The van der Waals surface area contributed by atoms with Crippen molar-refractivity contribution in [1.82, 2.24) is 4.90 Å². The first-order chi connectivity index (χ1) is 15.8. The minimum Gasteiger partial charge on any atom is -0.492 e. The second-order valence-corrected chi connectivity index (χ2v) is 8.53. The molecular weight excluding hydrogens is 442 g/mol. The van der Waals surface area contributed by atoms with Gasteiger partial charge in [-0.2, -0.15) is 0 Å². The van der Waals surface area contributed by atoms with Gasteiger partial charge in [0.15, 0.2) is 0 Å². The molecular formula is C25H21NO6S. The summed E-state index contributed by atoms with van der Waals surface area (Å²) in [5.74, 6) is 0.268. The molecule has 33 heavy (non-hydrogen) atoms. The highest BCUT2D eigenvalue weighted by atomic mass is 32.2. The second-order valence-electron chi connectivity index (χ2n) is 7.54. The van der Waals surface area contributed by atoms with E-state index in [-0.39, 0.29) is 28.9 Å². The Balaban J connectivity index is 1.43. The highest BCUT2D eigenvalue weighted by Crippen LogP contribution is 2.34. The van der Waals surface area contributed by atoms with E-state index in [0.29, 0.717) is 17.3 Å². The second kappa shape index (κ2) is 9.38. The molecule has 1 saturated heterocycles. The van der Waals surface area contributed by atoms with E-state index in [0.717, 1.165) is 33.4 Å². The van der Waals surface area contributed by atoms with Crippen molar-refractivity contribution in [3.63, 3.8) is 0 Å². The third kappa shape index (κ3) is 5.01. The van der Waals surface area contributed by atoms with E-state index in [2.05, 4.69) is 0 Å². The van der Waals surface area contributed by atoms with Crippen molar-refractivity contribution in [3.05, 3.63) is 82.0 Å². The van der Waals surface area contributed by atoms with Crippen molar-refractivity contribution < 1.29 is 28.6 Å². The lowest BCUT2D eigenvalue weighted by Gasteiger charge is -2.13. The molecule has 0 spiro atoms. The smallest absolute Gasteiger partial charge is 0.335 e. The van der Waals surface area contributed by atoms with Crippen LogP contribution in [0.2, 0.25) is 0 Å². The van der Waals surface area contributed by atoms with Crippen molar-refractivity contribution >= 4 is 35.0 Å². The van der Waals surface area contributed by atoms with Gasteiger partial charge in [-0.3, -0.25) is 14.5 Å². The van der Waals surface area contributed by atoms with Gasteiger partial charge in [0, 0.05) is 11.6 Å². The van der Waals surface area contributed by atoms with E-state index >= 15 is 0 Å². The van der Waals surface area contributed by atoms with Crippen LogP contribution in [0.1, 0.15) is 27.2 Å². The molecule has 1 aromatic heterocycles. The molecule has 1 aliphatic rings. The summed E-state index contributed by atoms with van der Waals surface area (Å²) in [6.07, 6.45) is 1.54. The van der Waals surface area contributed by atoms with Gasteiger partial charge >= 0.3 is 5.97 Å². The number of thioether (sulfide) groups is 1. The molecule has 4 rings (SSSR count). The van der Waals surface area contributed by atoms with Crippen LogP contribution in [0, 0.1) is 13.8 Å². The number of aromatic carboxylic acids is 1. The monoisotopic (exact) mass is 463 g/mol. The fraction of sp³-hybridized carbons (Fsp3) is 0.160. The molecule has 0 saturated carbocycles. The van der Waals surface area contributed by atoms with Gasteiger partial charge < -0.3 is 14.3 Å². The quantitative estimate of drug-likeness (QED) is 0.470. The molecule has 2 aromatic carbocycles. The highest BCUT2D eigenvalue weighted by molar-refractivity contribution is 8.18. The molecule has 0 atom stereocenters. The maximum Gasteiger partial charge on any atom is 0.335 e. The van der Waals surface area contributed by atoms with Crippen LogP contribution in [-0.2, 0) is 4.79 Å². The zero-order valence-corrected chi connectivity index (χ0v) is 18.8. The number of carboxylic acid groups (broad SMARTS) is 1. The SMILES string of the molecule is Cc1cccc(OCCN2C(=O)S/C(=C\c3ccc(-c4ccc(C(=O)O)cc4C)o3)C2=O)c1. The number of benzene rings is 2. The summed E-state index contributed by atoms with van der Waals surface area (Å²) in [6, 6.07) is 15.8. The number of furan rings is 1. The number of rotatable bonds is 7. The molecule has 0 unspecified atom stereocenters. The van der Waals surface area contributed by atoms with Crippen LogP contribution >= 0.6 is 11.8 Å². The number of imide groups is 1. The van der Waals surface area contributed by atoms with Crippen LogP contribution in [-0.4, -0.2) is 40.3 Å². The summed E-state index contributed by atoms with van der Waals surface area (Å²) >= 11 is 0.856. The summed E-state index contributed by atoms with van der Waals surface area (Å²) in [7, 11) is 0. The Labute approximate surface area is 194 Å². The Bertz CT molecular complexity index is 1280. The number of nitrogens with zero attached hydrogens (tertiary/aromatic N) is 1. The number of aryl methyl sites for hydroxylation is 2. The fourth-order valence-electron chi connectivity index (χ4n) is 3.43. The van der Waals surface area contributed by atoms with Gasteiger partial charge in [0.05, 0.1) is 17.0 Å². The van der Waals surface area contributed by atoms with Gasteiger partial charge in [-0.25, -0.2) is 4.79 Å². The summed E-state index contributed by atoms with van der Waals surface area (Å²) in [4.78, 5) is 37.6. The first-order valence-corrected chi connectivity index (χ1v) is 11.0. The molecule has 0 bridgehead atoms. The molecule has 0 radical (unpaired) electrons. The third-order valence-electron chi connectivity index (χ3n) is 5.09. The van der Waals surface area contributed by atoms with Crippen molar-refractivity contribution in [2.45, 2.75) is 13.8 Å². The van der Waals surface area contributed by atoms with Crippen LogP contribution in [0.25, 0.3) is 17.4 Å². The Morgan fingerprint density at radius 3 is 2.67 bits per heavy atom. The summed E-state index contributed by atoms with van der Waals surface area (Å²) in [5.41, 5.74) is 2.77. The Hall–Kier alpha value is -3.78. The van der Waals surface area contributed by atoms with Crippen LogP contribution in [0.15, 0.2) is 63.9 Å². The predicted octanol–water partition coefficient (Wildman–Crippen LogP) is 5.38. The summed E-state index contributed by atoms with van der Waals surface area (Å²) < 4.78 is 11.5. The van der Waals surface area contributed by atoms with E-state index < -0.39 is 11.9 Å². The molecule has 1 aliphatic heterocycles. The minimum atomic E-state index is -0.996. The number of carbonyl (C=O) groups excluding carboxylic acids is 2. The molecule has 168 valence electrons. The molecule has 1 fully saturated rings. The lowest BCUT2D eigenvalue weighted by molar-refractivity contribution is -0.123. The van der Waals surface area contributed by atoms with Crippen LogP contribution < -0.4 is 4.74 Å². The minimum absolute atomic E-state index is 0.147. The predicted molar refractivity (Wildman–Crippen MR) is 125 cm³/mol. The molecule has 2 heterocycles. The Morgan fingerprint density at radius 1 is 1.12 bits per heavy atom. The fourth-order valence-corrected chi connectivity index (χ4v) is 4.28. The van der Waals surface area contributed by atoms with Crippen LogP contribution in [0.3, 0.4) is 0 Å². The molecule has 8 heteroatoms. The average molecular weight is 464 g/mol. The van der Waals surface area contributed by atoms with Gasteiger partial charge in [-0.15, -0.1) is 0 Å². The maximum absolute atomic E-state index is 12.7. The lowest BCUT2D eigenvalue weighted by Crippen LogP contribution is -2.32. The zero-order valence-electron chi connectivity index (χ0n) is 18.0. The largest absolute Gasteiger partial charge is 0.492 e. The number of ether oxygens (including phenoxy) is 1. The summed E-state index contributed by atoms with van der Waals surface area (Å²) in [6.45, 7) is 4.11. The molecule has 1 N–H and O–H groups in total. The lowest BCUT2D eigenvalue weighted by atomic mass is 10.0. The van der Waals surface area contributed by atoms with E-state index in [9.17, 15) is 14.4 Å². The molecule has 0 aliphatic carbocycles. The van der Waals surface area contributed by atoms with Crippen LogP contribution in [0.4, 0.5) is 4.79 Å².